The second-order valence-corrected chi connectivity index (χ2v) is 3.16. The van der Waals surface area contributed by atoms with Gasteiger partial charge < -0.3 is 9.09 Å². The van der Waals surface area contributed by atoms with Crippen molar-refractivity contribution in [2.45, 2.75) is 13.5 Å². The Labute approximate surface area is 81.1 Å². The van der Waals surface area contributed by atoms with Gasteiger partial charge in [-0.2, -0.15) is 0 Å². The standard InChI is InChI=1S/C10H10N2O2/c1-8-4-10(11-14-8)6-12-3-2-9(5-12)7-13/h2-5,7H,6H2,1H3. The fraction of sp³-hybridized carbons (Fsp3) is 0.200. The molecule has 0 spiro atoms. The van der Waals surface area contributed by atoms with Gasteiger partial charge in [0, 0.05) is 24.0 Å². The molecule has 2 aromatic rings. The molecule has 0 bridgehead atoms. The molecule has 0 aliphatic rings. The lowest BCUT2D eigenvalue weighted by molar-refractivity contribution is 0.112. The fourth-order valence-corrected chi connectivity index (χ4v) is 1.31. The number of aryl methyl sites for hydroxylation is 1. The number of aromatic nitrogens is 2. The summed E-state index contributed by atoms with van der Waals surface area (Å²) in [6.45, 7) is 2.48. The van der Waals surface area contributed by atoms with Gasteiger partial charge in [0.2, 0.25) is 0 Å². The molecule has 14 heavy (non-hydrogen) atoms. The van der Waals surface area contributed by atoms with Crippen LogP contribution >= 0.6 is 0 Å². The van der Waals surface area contributed by atoms with Crippen molar-refractivity contribution in [3.8, 4) is 0 Å². The van der Waals surface area contributed by atoms with Gasteiger partial charge in [0.1, 0.15) is 11.5 Å². The molecule has 0 fully saturated rings. The molecule has 4 nitrogen and oxygen atoms in total. The van der Waals surface area contributed by atoms with Crippen LogP contribution in [-0.2, 0) is 6.54 Å². The fourth-order valence-electron chi connectivity index (χ4n) is 1.31. The Hall–Kier alpha value is -1.84. The molecule has 0 N–H and O–H groups in total. The molecule has 2 aromatic heterocycles. The van der Waals surface area contributed by atoms with Crippen LogP contribution < -0.4 is 0 Å². The lowest BCUT2D eigenvalue weighted by atomic mass is 10.4. The summed E-state index contributed by atoms with van der Waals surface area (Å²) in [5.41, 5.74) is 1.53. The summed E-state index contributed by atoms with van der Waals surface area (Å²) in [7, 11) is 0. The van der Waals surface area contributed by atoms with E-state index >= 15 is 0 Å². The molecule has 0 atom stereocenters. The maximum Gasteiger partial charge on any atom is 0.151 e. The number of hydrogen-bond acceptors (Lipinski definition) is 3. The smallest absolute Gasteiger partial charge is 0.151 e. The van der Waals surface area contributed by atoms with Gasteiger partial charge in [0.05, 0.1) is 6.54 Å². The molecule has 0 saturated carbocycles. The van der Waals surface area contributed by atoms with Gasteiger partial charge in [-0.05, 0) is 13.0 Å². The minimum Gasteiger partial charge on any atom is -0.361 e. The first kappa shape index (κ1) is 8.74. The summed E-state index contributed by atoms with van der Waals surface area (Å²) in [6.07, 6.45) is 4.44. The van der Waals surface area contributed by atoms with E-state index in [1.807, 2.05) is 23.8 Å². The van der Waals surface area contributed by atoms with Crippen molar-refractivity contribution < 1.29 is 9.32 Å². The van der Waals surface area contributed by atoms with Crippen LogP contribution in [0.3, 0.4) is 0 Å². The van der Waals surface area contributed by atoms with Crippen LogP contribution in [0.1, 0.15) is 21.8 Å². The van der Waals surface area contributed by atoms with Gasteiger partial charge >= 0.3 is 0 Å². The molecule has 72 valence electrons. The zero-order valence-corrected chi connectivity index (χ0v) is 7.80. The largest absolute Gasteiger partial charge is 0.361 e. The summed E-state index contributed by atoms with van der Waals surface area (Å²) >= 11 is 0. The molecule has 0 amide bonds. The number of rotatable bonds is 3. The van der Waals surface area contributed by atoms with Crippen LogP contribution in [0.25, 0.3) is 0 Å². The number of carbonyl (C=O) groups excluding carboxylic acids is 1. The molecular formula is C10H10N2O2. The molecule has 0 radical (unpaired) electrons. The zero-order chi connectivity index (χ0) is 9.97. The Morgan fingerprint density at radius 2 is 2.50 bits per heavy atom. The topological polar surface area (TPSA) is 48.0 Å². The van der Waals surface area contributed by atoms with E-state index in [-0.39, 0.29) is 0 Å². The molecule has 0 saturated heterocycles. The maximum atomic E-state index is 10.4. The van der Waals surface area contributed by atoms with Crippen molar-refractivity contribution in [1.82, 2.24) is 9.72 Å². The average molecular weight is 190 g/mol. The number of hydrogen-bond donors (Lipinski definition) is 0. The zero-order valence-electron chi connectivity index (χ0n) is 7.80. The van der Waals surface area contributed by atoms with E-state index in [0.717, 1.165) is 17.7 Å². The van der Waals surface area contributed by atoms with Crippen molar-refractivity contribution in [2.75, 3.05) is 0 Å². The molecule has 0 aliphatic carbocycles. The Bertz CT molecular complexity index is 442. The molecule has 2 heterocycles. The van der Waals surface area contributed by atoms with E-state index in [9.17, 15) is 4.79 Å². The SMILES string of the molecule is Cc1cc(Cn2ccc(C=O)c2)no1. The first-order chi connectivity index (χ1) is 6.78. The van der Waals surface area contributed by atoms with E-state index in [0.29, 0.717) is 12.1 Å². The van der Waals surface area contributed by atoms with Crippen LogP contribution in [0.15, 0.2) is 29.0 Å². The van der Waals surface area contributed by atoms with Crippen molar-refractivity contribution in [3.05, 3.63) is 41.5 Å². The second kappa shape index (κ2) is 3.49. The highest BCUT2D eigenvalue weighted by atomic mass is 16.5. The predicted octanol–water partition coefficient (Wildman–Crippen LogP) is 1.65. The van der Waals surface area contributed by atoms with Crippen LogP contribution in [0.2, 0.25) is 0 Å². The molecule has 4 heteroatoms. The van der Waals surface area contributed by atoms with E-state index in [1.54, 1.807) is 12.3 Å². The van der Waals surface area contributed by atoms with Crippen LogP contribution in [-0.4, -0.2) is 16.0 Å². The predicted molar refractivity (Wildman–Crippen MR) is 50.2 cm³/mol. The number of aldehydes is 1. The van der Waals surface area contributed by atoms with Gasteiger partial charge in [0.15, 0.2) is 6.29 Å². The van der Waals surface area contributed by atoms with Gasteiger partial charge in [-0.15, -0.1) is 0 Å². The van der Waals surface area contributed by atoms with Gasteiger partial charge in [-0.25, -0.2) is 0 Å². The van der Waals surface area contributed by atoms with E-state index in [2.05, 4.69) is 5.16 Å². The summed E-state index contributed by atoms with van der Waals surface area (Å²) in [5.74, 6) is 0.794. The van der Waals surface area contributed by atoms with E-state index < -0.39 is 0 Å². The third kappa shape index (κ3) is 1.74. The Kier molecular flexibility index (Phi) is 2.18. The third-order valence-electron chi connectivity index (χ3n) is 1.93. The number of carbonyl (C=O) groups is 1. The number of nitrogens with zero attached hydrogens (tertiary/aromatic N) is 2. The minimum absolute atomic E-state index is 0.630. The van der Waals surface area contributed by atoms with Gasteiger partial charge in [-0.3, -0.25) is 4.79 Å². The van der Waals surface area contributed by atoms with Crippen molar-refractivity contribution in [1.29, 1.82) is 0 Å². The molecule has 2 rings (SSSR count). The van der Waals surface area contributed by atoms with Gasteiger partial charge in [0.25, 0.3) is 0 Å². The third-order valence-corrected chi connectivity index (χ3v) is 1.93. The van der Waals surface area contributed by atoms with Crippen molar-refractivity contribution in [3.63, 3.8) is 0 Å². The molecule has 0 aliphatic heterocycles. The quantitative estimate of drug-likeness (QED) is 0.691. The highest BCUT2D eigenvalue weighted by Gasteiger charge is 2.01. The monoisotopic (exact) mass is 190 g/mol. The van der Waals surface area contributed by atoms with Crippen molar-refractivity contribution in [2.24, 2.45) is 0 Å². The Morgan fingerprint density at radius 3 is 3.07 bits per heavy atom. The first-order valence-corrected chi connectivity index (χ1v) is 4.31. The average Bonchev–Trinajstić information content (AvgIpc) is 2.76. The normalized spacial score (nSPS) is 10.4. The minimum atomic E-state index is 0.630. The molecular weight excluding hydrogens is 180 g/mol. The van der Waals surface area contributed by atoms with Gasteiger partial charge in [-0.1, -0.05) is 5.16 Å². The summed E-state index contributed by atoms with van der Waals surface area (Å²) in [5, 5.41) is 3.86. The van der Waals surface area contributed by atoms with Crippen LogP contribution in [0, 0.1) is 6.92 Å². The first-order valence-electron chi connectivity index (χ1n) is 4.31. The van der Waals surface area contributed by atoms with Crippen LogP contribution in [0.4, 0.5) is 0 Å². The van der Waals surface area contributed by atoms with Crippen molar-refractivity contribution >= 4 is 6.29 Å². The molecule has 0 unspecified atom stereocenters. The van der Waals surface area contributed by atoms with Crippen LogP contribution in [0.5, 0.6) is 0 Å². The summed E-state index contributed by atoms with van der Waals surface area (Å²) in [4.78, 5) is 10.4. The summed E-state index contributed by atoms with van der Waals surface area (Å²) < 4.78 is 6.83. The molecule has 0 aromatic carbocycles. The lowest BCUT2D eigenvalue weighted by Crippen LogP contribution is -1.95. The summed E-state index contributed by atoms with van der Waals surface area (Å²) in [6, 6.07) is 3.64. The Morgan fingerprint density at radius 1 is 1.64 bits per heavy atom. The van der Waals surface area contributed by atoms with E-state index in [1.165, 1.54) is 0 Å². The maximum absolute atomic E-state index is 10.4. The highest BCUT2D eigenvalue weighted by molar-refractivity contribution is 5.74. The van der Waals surface area contributed by atoms with E-state index in [4.69, 9.17) is 4.52 Å². The second-order valence-electron chi connectivity index (χ2n) is 3.16. The highest BCUT2D eigenvalue weighted by Crippen LogP contribution is 2.05. The Balaban J connectivity index is 2.14. The lowest BCUT2D eigenvalue weighted by Gasteiger charge is -1.96.